The highest BCUT2D eigenvalue weighted by Crippen LogP contribution is 2.41. The molecule has 1 aromatic heterocycles. The minimum Gasteiger partial charge on any atom is -0.370 e. The van der Waals surface area contributed by atoms with Gasteiger partial charge in [-0.05, 0) is 44.9 Å². The van der Waals surface area contributed by atoms with Crippen LogP contribution in [0.2, 0.25) is 0 Å². The second-order valence-corrected chi connectivity index (χ2v) is 6.22. The fourth-order valence-corrected chi connectivity index (χ4v) is 2.70. The van der Waals surface area contributed by atoms with E-state index in [4.69, 9.17) is 0 Å². The lowest BCUT2D eigenvalue weighted by Crippen LogP contribution is -2.21. The van der Waals surface area contributed by atoms with Gasteiger partial charge in [-0.25, -0.2) is 9.97 Å². The summed E-state index contributed by atoms with van der Waals surface area (Å²) in [7, 11) is 0. The van der Waals surface area contributed by atoms with E-state index in [-0.39, 0.29) is 0 Å². The molecule has 1 N–H and O–H groups in total. The predicted molar refractivity (Wildman–Crippen MR) is 75.9 cm³/mol. The Morgan fingerprint density at radius 3 is 2.56 bits per heavy atom. The maximum Gasteiger partial charge on any atom is 0.134 e. The highest BCUT2D eigenvalue weighted by atomic mass is 15.0. The van der Waals surface area contributed by atoms with Crippen LogP contribution in [0.25, 0.3) is 0 Å². The van der Waals surface area contributed by atoms with Gasteiger partial charge in [0.25, 0.3) is 0 Å². The molecule has 0 spiro atoms. The molecule has 1 heterocycles. The summed E-state index contributed by atoms with van der Waals surface area (Å²) in [6.45, 7) is 9.79. The smallest absolute Gasteiger partial charge is 0.134 e. The molecule has 1 saturated carbocycles. The Balaban J connectivity index is 2.13. The van der Waals surface area contributed by atoms with E-state index in [2.05, 4.69) is 43.0 Å². The number of aromatic nitrogens is 2. The van der Waals surface area contributed by atoms with Crippen LogP contribution in [0.5, 0.6) is 0 Å². The maximum atomic E-state index is 4.67. The van der Waals surface area contributed by atoms with E-state index < -0.39 is 0 Å². The van der Waals surface area contributed by atoms with E-state index in [1.807, 2.05) is 6.07 Å². The quantitative estimate of drug-likeness (QED) is 0.880. The molecule has 0 unspecified atom stereocenters. The van der Waals surface area contributed by atoms with E-state index in [0.29, 0.717) is 11.3 Å². The largest absolute Gasteiger partial charge is 0.370 e. The summed E-state index contributed by atoms with van der Waals surface area (Å²) in [6, 6.07) is 2.03. The Kier molecular flexibility index (Phi) is 3.88. The van der Waals surface area contributed by atoms with Crippen molar-refractivity contribution in [2.75, 3.05) is 11.9 Å². The molecule has 0 bridgehead atoms. The Bertz CT molecular complexity index is 402. The summed E-state index contributed by atoms with van der Waals surface area (Å²) < 4.78 is 0. The van der Waals surface area contributed by atoms with Gasteiger partial charge in [-0.1, -0.05) is 13.8 Å². The van der Waals surface area contributed by atoms with Crippen molar-refractivity contribution in [1.82, 2.24) is 9.97 Å². The van der Waals surface area contributed by atoms with Crippen molar-refractivity contribution in [3.05, 3.63) is 17.6 Å². The third-order valence-electron chi connectivity index (χ3n) is 3.93. The number of rotatable bonds is 3. The topological polar surface area (TPSA) is 37.8 Å². The van der Waals surface area contributed by atoms with Crippen LogP contribution in [0.3, 0.4) is 0 Å². The average molecular weight is 247 g/mol. The number of hydrogen-bond acceptors (Lipinski definition) is 3. The standard InChI is InChI=1S/C15H25N3/c1-5-16-13-10-11(2)17-14(18-13)12-6-8-15(3,4)9-7-12/h10,12H,5-9H2,1-4H3,(H,16,17,18). The number of aryl methyl sites for hydroxylation is 1. The molecule has 0 aliphatic heterocycles. The molecule has 1 fully saturated rings. The molecule has 2 rings (SSSR count). The van der Waals surface area contributed by atoms with Gasteiger partial charge in [0.05, 0.1) is 0 Å². The van der Waals surface area contributed by atoms with Gasteiger partial charge in [0.2, 0.25) is 0 Å². The fraction of sp³-hybridized carbons (Fsp3) is 0.733. The number of hydrogen-bond donors (Lipinski definition) is 1. The molecule has 0 radical (unpaired) electrons. The second kappa shape index (κ2) is 5.25. The monoisotopic (exact) mass is 247 g/mol. The normalized spacial score (nSPS) is 19.8. The van der Waals surface area contributed by atoms with Crippen molar-refractivity contribution in [3.8, 4) is 0 Å². The van der Waals surface area contributed by atoms with Gasteiger partial charge in [0.15, 0.2) is 0 Å². The first-order valence-electron chi connectivity index (χ1n) is 7.09. The molecule has 0 aromatic carbocycles. The van der Waals surface area contributed by atoms with Crippen molar-refractivity contribution in [2.24, 2.45) is 5.41 Å². The summed E-state index contributed by atoms with van der Waals surface area (Å²) in [5, 5.41) is 3.29. The van der Waals surface area contributed by atoms with Gasteiger partial charge in [0, 0.05) is 24.2 Å². The first-order valence-corrected chi connectivity index (χ1v) is 7.09. The van der Waals surface area contributed by atoms with Crippen molar-refractivity contribution < 1.29 is 0 Å². The minimum absolute atomic E-state index is 0.505. The Morgan fingerprint density at radius 2 is 1.94 bits per heavy atom. The van der Waals surface area contributed by atoms with Gasteiger partial charge < -0.3 is 5.32 Å². The van der Waals surface area contributed by atoms with Crippen molar-refractivity contribution in [2.45, 2.75) is 59.3 Å². The summed E-state index contributed by atoms with van der Waals surface area (Å²) in [5.41, 5.74) is 1.57. The molecule has 0 amide bonds. The molecule has 1 aliphatic rings. The van der Waals surface area contributed by atoms with E-state index in [1.165, 1.54) is 25.7 Å². The van der Waals surface area contributed by atoms with Crippen LogP contribution >= 0.6 is 0 Å². The zero-order chi connectivity index (χ0) is 13.2. The summed E-state index contributed by atoms with van der Waals surface area (Å²) in [5.74, 6) is 2.57. The summed E-state index contributed by atoms with van der Waals surface area (Å²) in [4.78, 5) is 9.31. The molecule has 1 aromatic rings. The van der Waals surface area contributed by atoms with Crippen LogP contribution in [0, 0.1) is 12.3 Å². The lowest BCUT2D eigenvalue weighted by Gasteiger charge is -2.33. The van der Waals surface area contributed by atoms with Crippen LogP contribution in [-0.2, 0) is 0 Å². The van der Waals surface area contributed by atoms with Gasteiger partial charge in [0.1, 0.15) is 11.6 Å². The third kappa shape index (κ3) is 3.21. The lowest BCUT2D eigenvalue weighted by atomic mass is 9.73. The maximum absolute atomic E-state index is 4.67. The Labute approximate surface area is 110 Å². The van der Waals surface area contributed by atoms with Crippen molar-refractivity contribution in [3.63, 3.8) is 0 Å². The summed E-state index contributed by atoms with van der Waals surface area (Å²) >= 11 is 0. The molecule has 1 aliphatic carbocycles. The molecule has 0 atom stereocenters. The number of nitrogens with zero attached hydrogens (tertiary/aromatic N) is 2. The molecular formula is C15H25N3. The minimum atomic E-state index is 0.505. The number of nitrogens with one attached hydrogen (secondary N) is 1. The van der Waals surface area contributed by atoms with Crippen LogP contribution in [-0.4, -0.2) is 16.5 Å². The summed E-state index contributed by atoms with van der Waals surface area (Å²) in [6.07, 6.45) is 5.01. The molecule has 18 heavy (non-hydrogen) atoms. The first kappa shape index (κ1) is 13.3. The Morgan fingerprint density at radius 1 is 1.28 bits per heavy atom. The second-order valence-electron chi connectivity index (χ2n) is 6.22. The van der Waals surface area contributed by atoms with Gasteiger partial charge in [-0.3, -0.25) is 0 Å². The molecule has 100 valence electrons. The zero-order valence-corrected chi connectivity index (χ0v) is 12.1. The molecule has 0 saturated heterocycles. The van der Waals surface area contributed by atoms with E-state index in [1.54, 1.807) is 0 Å². The number of anilines is 1. The van der Waals surface area contributed by atoms with Crippen LogP contribution in [0.15, 0.2) is 6.07 Å². The van der Waals surface area contributed by atoms with Gasteiger partial charge in [-0.15, -0.1) is 0 Å². The molecular weight excluding hydrogens is 222 g/mol. The fourth-order valence-electron chi connectivity index (χ4n) is 2.70. The van der Waals surface area contributed by atoms with E-state index in [9.17, 15) is 0 Å². The third-order valence-corrected chi connectivity index (χ3v) is 3.93. The van der Waals surface area contributed by atoms with Crippen LogP contribution in [0.1, 0.15) is 63.9 Å². The van der Waals surface area contributed by atoms with Crippen molar-refractivity contribution in [1.29, 1.82) is 0 Å². The predicted octanol–water partition coefficient (Wildman–Crippen LogP) is 3.90. The highest BCUT2D eigenvalue weighted by Gasteiger charge is 2.29. The highest BCUT2D eigenvalue weighted by molar-refractivity contribution is 5.36. The van der Waals surface area contributed by atoms with Gasteiger partial charge >= 0.3 is 0 Å². The van der Waals surface area contributed by atoms with E-state index in [0.717, 1.165) is 23.9 Å². The SMILES string of the molecule is CCNc1cc(C)nc(C2CCC(C)(C)CC2)n1. The first-order chi connectivity index (χ1) is 8.50. The lowest BCUT2D eigenvalue weighted by molar-refractivity contribution is 0.220. The van der Waals surface area contributed by atoms with Crippen LogP contribution in [0.4, 0.5) is 5.82 Å². The van der Waals surface area contributed by atoms with E-state index >= 15 is 0 Å². The van der Waals surface area contributed by atoms with Gasteiger partial charge in [-0.2, -0.15) is 0 Å². The average Bonchev–Trinajstić information content (AvgIpc) is 2.28. The zero-order valence-electron chi connectivity index (χ0n) is 12.1. The molecule has 3 heteroatoms. The van der Waals surface area contributed by atoms with Crippen molar-refractivity contribution >= 4 is 5.82 Å². The molecule has 3 nitrogen and oxygen atoms in total. The van der Waals surface area contributed by atoms with Crippen LogP contribution < -0.4 is 5.32 Å². The Hall–Kier alpha value is -1.12.